The molecule has 0 radical (unpaired) electrons. The molecule has 3 rings (SSSR count). The van der Waals surface area contributed by atoms with Crippen LogP contribution in [0.5, 0.6) is 0 Å². The van der Waals surface area contributed by atoms with E-state index in [-0.39, 0.29) is 36.1 Å². The van der Waals surface area contributed by atoms with Crippen LogP contribution in [-0.2, 0) is 26.0 Å². The molecule has 0 N–H and O–H groups in total. The van der Waals surface area contributed by atoms with Gasteiger partial charge in [0.15, 0.2) is 0 Å². The average molecular weight is 449 g/mol. The van der Waals surface area contributed by atoms with Crippen LogP contribution in [0.2, 0.25) is 0 Å². The van der Waals surface area contributed by atoms with Crippen LogP contribution >= 0.6 is 0 Å². The number of rotatable bonds is 4. The number of morpholine rings is 1. The van der Waals surface area contributed by atoms with Crippen molar-refractivity contribution in [1.82, 2.24) is 9.21 Å². The molecule has 6 nitrogen and oxygen atoms in total. The van der Waals surface area contributed by atoms with E-state index in [9.17, 15) is 26.4 Å². The van der Waals surface area contributed by atoms with E-state index in [0.717, 1.165) is 10.5 Å². The van der Waals surface area contributed by atoms with E-state index in [4.69, 9.17) is 4.74 Å². The van der Waals surface area contributed by atoms with E-state index >= 15 is 0 Å². The number of nitrogens with zero attached hydrogens (tertiary/aromatic N) is 2. The molecule has 2 heterocycles. The Labute approximate surface area is 175 Å². The van der Waals surface area contributed by atoms with E-state index in [2.05, 4.69) is 0 Å². The first-order valence-electron chi connectivity index (χ1n) is 10.1. The van der Waals surface area contributed by atoms with Gasteiger partial charge in [-0.25, -0.2) is 8.42 Å². The van der Waals surface area contributed by atoms with Gasteiger partial charge in [0.2, 0.25) is 10.0 Å². The second kappa shape index (κ2) is 8.84. The maximum atomic E-state index is 12.9. The Morgan fingerprint density at radius 2 is 1.60 bits per heavy atom. The van der Waals surface area contributed by atoms with E-state index < -0.39 is 22.1 Å². The minimum absolute atomic E-state index is 0.0862. The van der Waals surface area contributed by atoms with Gasteiger partial charge in [-0.2, -0.15) is 17.5 Å². The topological polar surface area (TPSA) is 66.9 Å². The van der Waals surface area contributed by atoms with Crippen LogP contribution in [0.4, 0.5) is 13.2 Å². The number of carbonyl (C=O) groups is 1. The molecule has 2 saturated heterocycles. The normalized spacial score (nSPS) is 24.8. The number of sulfonamides is 1. The molecule has 0 aliphatic carbocycles. The zero-order chi connectivity index (χ0) is 22.1. The molecule has 30 heavy (non-hydrogen) atoms. The molecular weight excluding hydrogens is 421 g/mol. The summed E-state index contributed by atoms with van der Waals surface area (Å²) >= 11 is 0. The minimum atomic E-state index is -4.83. The zero-order valence-electron chi connectivity index (χ0n) is 17.1. The van der Waals surface area contributed by atoms with Gasteiger partial charge in [-0.1, -0.05) is 12.1 Å². The van der Waals surface area contributed by atoms with Gasteiger partial charge in [0.1, 0.15) is 0 Å². The molecule has 2 unspecified atom stereocenters. The van der Waals surface area contributed by atoms with Crippen molar-refractivity contribution in [2.24, 2.45) is 5.92 Å². The third kappa shape index (κ3) is 5.33. The molecule has 2 atom stereocenters. The van der Waals surface area contributed by atoms with Crippen molar-refractivity contribution < 1.29 is 31.1 Å². The lowest BCUT2D eigenvalue weighted by Gasteiger charge is -2.34. The number of piperidine rings is 1. The molecular formula is C20H27F3N2O4S. The largest absolute Gasteiger partial charge is 0.471 e. The number of hydrogen-bond acceptors (Lipinski definition) is 4. The number of ether oxygens (including phenoxy) is 1. The lowest BCUT2D eigenvalue weighted by atomic mass is 9.90. The van der Waals surface area contributed by atoms with Crippen molar-refractivity contribution in [2.45, 2.75) is 56.4 Å². The minimum Gasteiger partial charge on any atom is -0.373 e. The second-order valence-electron chi connectivity index (χ2n) is 8.16. The predicted molar refractivity (Wildman–Crippen MR) is 104 cm³/mol. The molecule has 168 valence electrons. The number of carbonyl (C=O) groups excluding carboxylic acids is 1. The summed E-state index contributed by atoms with van der Waals surface area (Å²) in [5.41, 5.74) is 0.929. The number of benzene rings is 1. The summed E-state index contributed by atoms with van der Waals surface area (Å²) in [6.07, 6.45) is -3.54. The molecule has 1 aromatic carbocycles. The third-order valence-corrected chi connectivity index (χ3v) is 7.46. The second-order valence-corrected chi connectivity index (χ2v) is 10.1. The van der Waals surface area contributed by atoms with E-state index in [0.29, 0.717) is 32.4 Å². The first-order valence-corrected chi connectivity index (χ1v) is 11.5. The van der Waals surface area contributed by atoms with Crippen LogP contribution in [-0.4, -0.2) is 68.1 Å². The Bertz CT molecular complexity index is 840. The molecule has 0 saturated carbocycles. The van der Waals surface area contributed by atoms with Crippen molar-refractivity contribution in [3.05, 3.63) is 29.8 Å². The van der Waals surface area contributed by atoms with Crippen LogP contribution in [0, 0.1) is 5.92 Å². The Morgan fingerprint density at radius 1 is 1.07 bits per heavy atom. The molecule has 2 aliphatic heterocycles. The molecule has 2 aliphatic rings. The maximum Gasteiger partial charge on any atom is 0.471 e. The highest BCUT2D eigenvalue weighted by atomic mass is 32.2. The molecule has 2 fully saturated rings. The lowest BCUT2D eigenvalue weighted by molar-refractivity contribution is -0.186. The number of halogens is 3. The summed E-state index contributed by atoms with van der Waals surface area (Å²) in [4.78, 5) is 12.4. The molecule has 0 bridgehead atoms. The highest BCUT2D eigenvalue weighted by molar-refractivity contribution is 7.89. The fraction of sp³-hybridized carbons (Fsp3) is 0.650. The maximum absolute atomic E-state index is 12.9. The lowest BCUT2D eigenvalue weighted by Crippen LogP contribution is -2.48. The Balaban J connectivity index is 1.58. The van der Waals surface area contributed by atoms with E-state index in [1.165, 1.54) is 4.31 Å². The van der Waals surface area contributed by atoms with Gasteiger partial charge >= 0.3 is 12.1 Å². The van der Waals surface area contributed by atoms with E-state index in [1.807, 2.05) is 13.8 Å². The summed E-state index contributed by atoms with van der Waals surface area (Å²) in [5.74, 6) is -1.62. The first kappa shape index (κ1) is 23.0. The number of amides is 1. The SMILES string of the molecule is CC1CN(S(=O)(=O)c2ccc(CC3CCN(C(=O)C(F)(F)F)CC3)cc2)CC(C)O1. The summed E-state index contributed by atoms with van der Waals surface area (Å²) in [5, 5.41) is 0. The number of alkyl halides is 3. The van der Waals surface area contributed by atoms with E-state index in [1.54, 1.807) is 24.3 Å². The summed E-state index contributed by atoms with van der Waals surface area (Å²) in [7, 11) is -3.61. The molecule has 1 aromatic rings. The summed E-state index contributed by atoms with van der Waals surface area (Å²) in [6, 6.07) is 6.68. The van der Waals surface area contributed by atoms with Crippen molar-refractivity contribution in [2.75, 3.05) is 26.2 Å². The van der Waals surface area contributed by atoms with Crippen LogP contribution in [0.15, 0.2) is 29.2 Å². The zero-order valence-corrected chi connectivity index (χ0v) is 17.9. The Hall–Kier alpha value is -1.65. The summed E-state index contributed by atoms with van der Waals surface area (Å²) < 4.78 is 70.5. The monoisotopic (exact) mass is 448 g/mol. The van der Waals surface area contributed by atoms with Gasteiger partial charge in [-0.3, -0.25) is 4.79 Å². The fourth-order valence-corrected chi connectivity index (χ4v) is 5.72. The van der Waals surface area contributed by atoms with Crippen LogP contribution in [0.25, 0.3) is 0 Å². The number of likely N-dealkylation sites (tertiary alicyclic amines) is 1. The quantitative estimate of drug-likeness (QED) is 0.711. The molecule has 10 heteroatoms. The van der Waals surface area contributed by atoms with Crippen molar-refractivity contribution in [1.29, 1.82) is 0 Å². The van der Waals surface area contributed by atoms with Crippen LogP contribution < -0.4 is 0 Å². The third-order valence-electron chi connectivity index (χ3n) is 5.62. The van der Waals surface area contributed by atoms with Gasteiger partial charge in [0, 0.05) is 26.2 Å². The van der Waals surface area contributed by atoms with Gasteiger partial charge in [0.25, 0.3) is 0 Å². The highest BCUT2D eigenvalue weighted by Crippen LogP contribution is 2.27. The summed E-state index contributed by atoms with van der Waals surface area (Å²) in [6.45, 7) is 4.47. The predicted octanol–water partition coefficient (Wildman–Crippen LogP) is 2.83. The number of hydrogen-bond donors (Lipinski definition) is 0. The first-order chi connectivity index (χ1) is 14.0. The molecule has 0 spiro atoms. The standard InChI is InChI=1S/C20H27F3N2O4S/c1-14-12-25(13-15(2)29-14)30(27,28)18-5-3-16(4-6-18)11-17-7-9-24(10-8-17)19(26)20(21,22)23/h3-6,14-15,17H,7-13H2,1-2H3. The Morgan fingerprint density at radius 3 is 2.10 bits per heavy atom. The average Bonchev–Trinajstić information content (AvgIpc) is 2.67. The Kier molecular flexibility index (Phi) is 6.78. The smallest absolute Gasteiger partial charge is 0.373 e. The van der Waals surface area contributed by atoms with Crippen molar-refractivity contribution >= 4 is 15.9 Å². The van der Waals surface area contributed by atoms with Crippen molar-refractivity contribution in [3.8, 4) is 0 Å². The van der Waals surface area contributed by atoms with Gasteiger partial charge in [-0.15, -0.1) is 0 Å². The molecule has 1 amide bonds. The molecule has 0 aromatic heterocycles. The fourth-order valence-electron chi connectivity index (χ4n) is 4.13. The van der Waals surface area contributed by atoms with Gasteiger partial charge < -0.3 is 9.64 Å². The van der Waals surface area contributed by atoms with Gasteiger partial charge in [-0.05, 0) is 56.7 Å². The van der Waals surface area contributed by atoms with Crippen LogP contribution in [0.1, 0.15) is 32.3 Å². The highest BCUT2D eigenvalue weighted by Gasteiger charge is 2.43. The van der Waals surface area contributed by atoms with Gasteiger partial charge in [0.05, 0.1) is 17.1 Å². The van der Waals surface area contributed by atoms with Crippen LogP contribution in [0.3, 0.4) is 0 Å². The van der Waals surface area contributed by atoms with Crippen molar-refractivity contribution in [3.63, 3.8) is 0 Å².